The third-order valence-corrected chi connectivity index (χ3v) is 5.07. The molecule has 1 N–H and O–H groups in total. The van der Waals surface area contributed by atoms with Gasteiger partial charge in [0, 0.05) is 22.2 Å². The number of imidazole rings is 1. The van der Waals surface area contributed by atoms with E-state index in [1.165, 1.54) is 9.75 Å². The van der Waals surface area contributed by atoms with Gasteiger partial charge in [-0.3, -0.25) is 0 Å². The molecule has 20 heavy (non-hydrogen) atoms. The van der Waals surface area contributed by atoms with Crippen LogP contribution in [-0.4, -0.2) is 9.55 Å². The molecule has 3 rings (SSSR count). The molecular formula is C15H15ClN2S2. The smallest absolute Gasteiger partial charge is 0.178 e. The minimum absolute atomic E-state index is 0.299. The van der Waals surface area contributed by atoms with E-state index in [1.54, 1.807) is 0 Å². The fourth-order valence-corrected chi connectivity index (χ4v) is 4.14. The van der Waals surface area contributed by atoms with E-state index in [4.69, 9.17) is 23.8 Å². The highest BCUT2D eigenvalue weighted by Gasteiger charge is 2.14. The predicted molar refractivity (Wildman–Crippen MR) is 89.6 cm³/mol. The summed E-state index contributed by atoms with van der Waals surface area (Å²) < 4.78 is 2.89. The molecule has 1 unspecified atom stereocenters. The second-order valence-electron chi connectivity index (χ2n) is 5.00. The van der Waals surface area contributed by atoms with Crippen LogP contribution in [0.2, 0.25) is 5.02 Å². The Morgan fingerprint density at radius 2 is 2.15 bits per heavy atom. The molecule has 0 radical (unpaired) electrons. The first-order valence-electron chi connectivity index (χ1n) is 6.50. The van der Waals surface area contributed by atoms with Crippen molar-refractivity contribution in [1.29, 1.82) is 0 Å². The number of hydrogen-bond donors (Lipinski definition) is 1. The van der Waals surface area contributed by atoms with Crippen LogP contribution < -0.4 is 0 Å². The minimum Gasteiger partial charge on any atom is -0.329 e. The summed E-state index contributed by atoms with van der Waals surface area (Å²) in [6.07, 6.45) is 0.978. The first-order valence-corrected chi connectivity index (χ1v) is 8.10. The van der Waals surface area contributed by atoms with Gasteiger partial charge in [-0.1, -0.05) is 17.7 Å². The summed E-state index contributed by atoms with van der Waals surface area (Å²) in [6.45, 7) is 4.33. The lowest BCUT2D eigenvalue weighted by Crippen LogP contribution is -2.07. The molecule has 0 spiro atoms. The van der Waals surface area contributed by atoms with Crippen molar-refractivity contribution >= 4 is 46.2 Å². The number of rotatable bonds is 3. The van der Waals surface area contributed by atoms with E-state index in [2.05, 4.69) is 41.6 Å². The van der Waals surface area contributed by atoms with E-state index < -0.39 is 0 Å². The van der Waals surface area contributed by atoms with Gasteiger partial charge in [-0.05, 0) is 50.3 Å². The van der Waals surface area contributed by atoms with Crippen molar-refractivity contribution in [3.05, 3.63) is 49.9 Å². The molecule has 2 heterocycles. The Labute approximate surface area is 132 Å². The Bertz CT molecular complexity index is 813. The fourth-order valence-electron chi connectivity index (χ4n) is 2.53. The lowest BCUT2D eigenvalue weighted by atomic mass is 10.2. The molecular weight excluding hydrogens is 308 g/mol. The number of hydrogen-bond acceptors (Lipinski definition) is 2. The van der Waals surface area contributed by atoms with Gasteiger partial charge in [-0.25, -0.2) is 0 Å². The van der Waals surface area contributed by atoms with Crippen LogP contribution in [0.1, 0.15) is 22.7 Å². The number of halogens is 1. The molecule has 2 nitrogen and oxygen atoms in total. The number of aryl methyl sites for hydroxylation is 1. The van der Waals surface area contributed by atoms with E-state index in [0.717, 1.165) is 22.2 Å². The van der Waals surface area contributed by atoms with Crippen molar-refractivity contribution in [2.75, 3.05) is 0 Å². The minimum atomic E-state index is 0.299. The van der Waals surface area contributed by atoms with E-state index in [0.29, 0.717) is 11.1 Å². The van der Waals surface area contributed by atoms with Crippen LogP contribution in [0.3, 0.4) is 0 Å². The van der Waals surface area contributed by atoms with Gasteiger partial charge in [0.05, 0.1) is 16.1 Å². The molecule has 0 fully saturated rings. The summed E-state index contributed by atoms with van der Waals surface area (Å²) in [7, 11) is 0. The van der Waals surface area contributed by atoms with E-state index in [-0.39, 0.29) is 0 Å². The molecule has 0 saturated heterocycles. The number of aromatic amines is 1. The molecule has 5 heteroatoms. The average Bonchev–Trinajstić information content (AvgIpc) is 2.93. The molecule has 0 aliphatic heterocycles. The summed E-state index contributed by atoms with van der Waals surface area (Å²) in [5.41, 5.74) is 2.00. The summed E-state index contributed by atoms with van der Waals surface area (Å²) in [5, 5.41) is 0.714. The van der Waals surface area contributed by atoms with Crippen molar-refractivity contribution in [3.63, 3.8) is 0 Å². The highest BCUT2D eigenvalue weighted by Crippen LogP contribution is 2.28. The number of H-pyrrole nitrogens is 1. The van der Waals surface area contributed by atoms with Crippen LogP contribution in [0.5, 0.6) is 0 Å². The Balaban J connectivity index is 2.03. The maximum Gasteiger partial charge on any atom is 0.178 e. The number of nitrogens with one attached hydrogen (secondary N) is 1. The fraction of sp³-hybridized carbons (Fsp3) is 0.267. The second kappa shape index (κ2) is 5.35. The van der Waals surface area contributed by atoms with Crippen LogP contribution in [-0.2, 0) is 6.42 Å². The molecule has 2 aromatic heterocycles. The average molecular weight is 323 g/mol. The highest BCUT2D eigenvalue weighted by molar-refractivity contribution is 7.71. The van der Waals surface area contributed by atoms with Gasteiger partial charge in [0.15, 0.2) is 4.77 Å². The summed E-state index contributed by atoms with van der Waals surface area (Å²) >= 11 is 13.5. The quantitative estimate of drug-likeness (QED) is 0.629. The van der Waals surface area contributed by atoms with Crippen molar-refractivity contribution in [1.82, 2.24) is 9.55 Å². The van der Waals surface area contributed by atoms with Gasteiger partial charge in [0.1, 0.15) is 0 Å². The van der Waals surface area contributed by atoms with Gasteiger partial charge in [-0.2, -0.15) is 0 Å². The third kappa shape index (κ3) is 2.43. The number of thiophene rings is 1. The zero-order valence-corrected chi connectivity index (χ0v) is 13.7. The highest BCUT2D eigenvalue weighted by atomic mass is 35.5. The van der Waals surface area contributed by atoms with Gasteiger partial charge >= 0.3 is 0 Å². The molecule has 0 amide bonds. The van der Waals surface area contributed by atoms with Gasteiger partial charge in [0.2, 0.25) is 0 Å². The SMILES string of the molecule is Cc1ccc(CC(C)n2c(=S)[nH]c3c(Cl)cccc32)s1. The first kappa shape index (κ1) is 13.9. The van der Waals surface area contributed by atoms with Gasteiger partial charge in [0.25, 0.3) is 0 Å². The largest absolute Gasteiger partial charge is 0.329 e. The van der Waals surface area contributed by atoms with E-state index in [9.17, 15) is 0 Å². The number of fused-ring (bicyclic) bond motifs is 1. The van der Waals surface area contributed by atoms with Gasteiger partial charge in [-0.15, -0.1) is 11.3 Å². The summed E-state index contributed by atoms with van der Waals surface area (Å²) in [4.78, 5) is 5.94. The molecule has 0 aliphatic carbocycles. The molecule has 1 aromatic carbocycles. The lowest BCUT2D eigenvalue weighted by Gasteiger charge is -2.13. The predicted octanol–water partition coefficient (Wildman–Crippen LogP) is 5.53. The number of nitrogens with zero attached hydrogens (tertiary/aromatic N) is 1. The monoisotopic (exact) mass is 322 g/mol. The maximum atomic E-state index is 6.22. The zero-order chi connectivity index (χ0) is 14.3. The topological polar surface area (TPSA) is 20.7 Å². The Morgan fingerprint density at radius 3 is 2.85 bits per heavy atom. The lowest BCUT2D eigenvalue weighted by molar-refractivity contribution is 0.557. The number of benzene rings is 1. The van der Waals surface area contributed by atoms with Crippen molar-refractivity contribution in [2.45, 2.75) is 26.3 Å². The number of para-hydroxylation sites is 1. The molecule has 0 saturated carbocycles. The standard InChI is InChI=1S/C15H15ClN2S2/c1-9(8-11-7-6-10(2)20-11)18-13-5-3-4-12(16)14(13)17-15(18)19/h3-7,9H,8H2,1-2H3,(H,17,19). The Morgan fingerprint density at radius 1 is 1.35 bits per heavy atom. The summed E-state index contributed by atoms with van der Waals surface area (Å²) in [6, 6.07) is 10.6. The molecule has 3 aromatic rings. The van der Waals surface area contributed by atoms with Crippen LogP contribution in [0, 0.1) is 11.7 Å². The van der Waals surface area contributed by atoms with Crippen molar-refractivity contribution in [3.8, 4) is 0 Å². The second-order valence-corrected chi connectivity index (χ2v) is 7.17. The summed E-state index contributed by atoms with van der Waals surface area (Å²) in [5.74, 6) is 0. The Hall–Kier alpha value is -1.10. The Kier molecular flexibility index (Phi) is 3.71. The van der Waals surface area contributed by atoms with Crippen molar-refractivity contribution in [2.24, 2.45) is 0 Å². The van der Waals surface area contributed by atoms with Crippen LogP contribution >= 0.6 is 35.2 Å². The molecule has 0 bridgehead atoms. The first-order chi connectivity index (χ1) is 9.56. The van der Waals surface area contributed by atoms with Crippen LogP contribution in [0.25, 0.3) is 11.0 Å². The van der Waals surface area contributed by atoms with Gasteiger partial charge < -0.3 is 9.55 Å². The van der Waals surface area contributed by atoms with E-state index >= 15 is 0 Å². The third-order valence-electron chi connectivity index (χ3n) is 3.44. The van der Waals surface area contributed by atoms with Crippen LogP contribution in [0.4, 0.5) is 0 Å². The van der Waals surface area contributed by atoms with Crippen molar-refractivity contribution < 1.29 is 0 Å². The molecule has 104 valence electrons. The zero-order valence-electron chi connectivity index (χ0n) is 11.3. The van der Waals surface area contributed by atoms with Crippen LogP contribution in [0.15, 0.2) is 30.3 Å². The van der Waals surface area contributed by atoms with E-state index in [1.807, 2.05) is 23.5 Å². The number of aromatic nitrogens is 2. The molecule has 1 atom stereocenters. The molecule has 0 aliphatic rings. The maximum absolute atomic E-state index is 6.22. The normalized spacial score (nSPS) is 12.9.